The molecule has 3 aliphatic rings. The fourth-order valence-corrected chi connectivity index (χ4v) is 4.24. The van der Waals surface area contributed by atoms with E-state index >= 15 is 0 Å². The zero-order chi connectivity index (χ0) is 15.4. The summed E-state index contributed by atoms with van der Waals surface area (Å²) < 4.78 is 0. The smallest absolute Gasteiger partial charge is 0.237 e. The number of likely N-dealkylation sites (tertiary alicyclic amines) is 1. The van der Waals surface area contributed by atoms with Gasteiger partial charge in [0, 0.05) is 32.1 Å². The molecule has 2 N–H and O–H groups in total. The molecule has 5 nitrogen and oxygen atoms in total. The lowest BCUT2D eigenvalue weighted by atomic mass is 9.85. The summed E-state index contributed by atoms with van der Waals surface area (Å²) in [5.41, 5.74) is 0. The van der Waals surface area contributed by atoms with Crippen LogP contribution in [0.4, 0.5) is 0 Å². The molecule has 2 saturated heterocycles. The van der Waals surface area contributed by atoms with Gasteiger partial charge in [-0.25, -0.2) is 0 Å². The fraction of sp³-hybridized carbons (Fsp3) is 0.882. The Kier molecular flexibility index (Phi) is 5.34. The first-order valence-corrected chi connectivity index (χ1v) is 9.05. The van der Waals surface area contributed by atoms with Gasteiger partial charge < -0.3 is 15.5 Å². The minimum Gasteiger partial charge on any atom is -0.354 e. The number of carbonyl (C=O) groups is 2. The highest BCUT2D eigenvalue weighted by Gasteiger charge is 2.38. The molecule has 3 rings (SSSR count). The molecular formula is C17H29N3O2. The molecule has 0 spiro atoms. The van der Waals surface area contributed by atoms with E-state index in [1.54, 1.807) is 0 Å². The first-order chi connectivity index (χ1) is 10.7. The quantitative estimate of drug-likeness (QED) is 0.826. The van der Waals surface area contributed by atoms with Gasteiger partial charge in [-0.1, -0.05) is 12.8 Å². The lowest BCUT2D eigenvalue weighted by Gasteiger charge is -2.26. The van der Waals surface area contributed by atoms with E-state index in [4.69, 9.17) is 0 Å². The average Bonchev–Trinajstić information content (AvgIpc) is 2.99. The summed E-state index contributed by atoms with van der Waals surface area (Å²) in [4.78, 5) is 26.3. The molecule has 1 saturated carbocycles. The Balaban J connectivity index is 1.36. The number of nitrogens with zero attached hydrogens (tertiary/aromatic N) is 1. The summed E-state index contributed by atoms with van der Waals surface area (Å²) in [5.74, 6) is 0.952. The molecule has 3 fully saturated rings. The van der Waals surface area contributed by atoms with Crippen LogP contribution < -0.4 is 10.6 Å². The third-order valence-corrected chi connectivity index (χ3v) is 5.53. The average molecular weight is 307 g/mol. The summed E-state index contributed by atoms with van der Waals surface area (Å²) in [6, 6.07) is 0.498. The molecule has 1 aliphatic carbocycles. The number of nitrogens with one attached hydrogen (secondary N) is 2. The Hall–Kier alpha value is -1.10. The van der Waals surface area contributed by atoms with Crippen LogP contribution in [0, 0.1) is 5.92 Å². The van der Waals surface area contributed by atoms with E-state index in [0.29, 0.717) is 24.9 Å². The van der Waals surface area contributed by atoms with Gasteiger partial charge in [0.2, 0.25) is 11.8 Å². The largest absolute Gasteiger partial charge is 0.354 e. The Labute approximate surface area is 133 Å². The van der Waals surface area contributed by atoms with Gasteiger partial charge in [0.15, 0.2) is 0 Å². The van der Waals surface area contributed by atoms with E-state index in [1.807, 2.05) is 4.90 Å². The van der Waals surface area contributed by atoms with E-state index in [1.165, 1.54) is 32.1 Å². The summed E-state index contributed by atoms with van der Waals surface area (Å²) in [7, 11) is 0. The van der Waals surface area contributed by atoms with Crippen LogP contribution in [-0.4, -0.2) is 48.4 Å². The Morgan fingerprint density at radius 1 is 1.05 bits per heavy atom. The van der Waals surface area contributed by atoms with Crippen molar-refractivity contribution in [1.82, 2.24) is 15.5 Å². The van der Waals surface area contributed by atoms with Gasteiger partial charge in [-0.2, -0.15) is 0 Å². The second-order valence-corrected chi connectivity index (χ2v) is 7.09. The van der Waals surface area contributed by atoms with Gasteiger partial charge >= 0.3 is 0 Å². The SMILES string of the molecule is O=C(NCCC(=O)N1CCCCC1)C1CC2CCCCC2N1. The van der Waals surface area contributed by atoms with Crippen molar-refractivity contribution in [2.75, 3.05) is 19.6 Å². The van der Waals surface area contributed by atoms with Crippen molar-refractivity contribution in [3.8, 4) is 0 Å². The zero-order valence-corrected chi connectivity index (χ0v) is 13.5. The zero-order valence-electron chi connectivity index (χ0n) is 13.5. The summed E-state index contributed by atoms with van der Waals surface area (Å²) in [6.45, 7) is 2.25. The molecule has 124 valence electrons. The topological polar surface area (TPSA) is 61.4 Å². The van der Waals surface area contributed by atoms with Crippen LogP contribution in [0.25, 0.3) is 0 Å². The number of hydrogen-bond donors (Lipinski definition) is 2. The number of amides is 2. The maximum atomic E-state index is 12.2. The lowest BCUT2D eigenvalue weighted by Crippen LogP contribution is -2.44. The van der Waals surface area contributed by atoms with Gasteiger partial charge in [-0.3, -0.25) is 9.59 Å². The van der Waals surface area contributed by atoms with Crippen molar-refractivity contribution in [2.45, 2.75) is 69.9 Å². The second-order valence-electron chi connectivity index (χ2n) is 7.09. The molecule has 2 aliphatic heterocycles. The van der Waals surface area contributed by atoms with Crippen molar-refractivity contribution >= 4 is 11.8 Å². The van der Waals surface area contributed by atoms with Crippen LogP contribution in [0.1, 0.15) is 57.8 Å². The van der Waals surface area contributed by atoms with Crippen molar-refractivity contribution in [3.63, 3.8) is 0 Å². The van der Waals surface area contributed by atoms with Crippen LogP contribution in [0.5, 0.6) is 0 Å². The second kappa shape index (κ2) is 7.44. The molecular weight excluding hydrogens is 278 g/mol. The maximum absolute atomic E-state index is 12.2. The number of piperidine rings is 1. The van der Waals surface area contributed by atoms with Crippen LogP contribution in [0.15, 0.2) is 0 Å². The van der Waals surface area contributed by atoms with Crippen LogP contribution in [-0.2, 0) is 9.59 Å². The van der Waals surface area contributed by atoms with E-state index < -0.39 is 0 Å². The van der Waals surface area contributed by atoms with E-state index in [-0.39, 0.29) is 17.9 Å². The standard InChI is InChI=1S/C17H29N3O2/c21-16(20-10-4-1-5-11-20)8-9-18-17(22)15-12-13-6-2-3-7-14(13)19-15/h13-15,19H,1-12H2,(H,18,22). The van der Waals surface area contributed by atoms with Crippen LogP contribution in [0.2, 0.25) is 0 Å². The van der Waals surface area contributed by atoms with Gasteiger partial charge in [0.25, 0.3) is 0 Å². The van der Waals surface area contributed by atoms with Crippen LogP contribution in [0.3, 0.4) is 0 Å². The lowest BCUT2D eigenvalue weighted by molar-refractivity contribution is -0.132. The molecule has 2 amide bonds. The van der Waals surface area contributed by atoms with Gasteiger partial charge in [-0.05, 0) is 44.4 Å². The number of hydrogen-bond acceptors (Lipinski definition) is 3. The van der Waals surface area contributed by atoms with Crippen molar-refractivity contribution in [2.24, 2.45) is 5.92 Å². The number of carbonyl (C=O) groups excluding carboxylic acids is 2. The molecule has 5 heteroatoms. The third-order valence-electron chi connectivity index (χ3n) is 5.53. The molecule has 0 radical (unpaired) electrons. The minimum absolute atomic E-state index is 0.0433. The highest BCUT2D eigenvalue weighted by atomic mass is 16.2. The predicted octanol–water partition coefficient (Wildman–Crippen LogP) is 1.43. The molecule has 22 heavy (non-hydrogen) atoms. The molecule has 3 atom stereocenters. The normalized spacial score (nSPS) is 31.6. The molecule has 3 unspecified atom stereocenters. The first-order valence-electron chi connectivity index (χ1n) is 9.05. The van der Waals surface area contributed by atoms with Crippen LogP contribution >= 0.6 is 0 Å². The molecule has 0 aromatic rings. The van der Waals surface area contributed by atoms with Gasteiger partial charge in [-0.15, -0.1) is 0 Å². The Morgan fingerprint density at radius 3 is 2.59 bits per heavy atom. The monoisotopic (exact) mass is 307 g/mol. The number of fused-ring (bicyclic) bond motifs is 1. The Morgan fingerprint density at radius 2 is 1.82 bits per heavy atom. The highest BCUT2D eigenvalue weighted by molar-refractivity contribution is 5.83. The van der Waals surface area contributed by atoms with Gasteiger partial charge in [0.1, 0.15) is 0 Å². The molecule has 0 aromatic heterocycles. The summed E-state index contributed by atoms with van der Waals surface area (Å²) in [6.07, 6.45) is 9.93. The summed E-state index contributed by atoms with van der Waals surface area (Å²) in [5, 5.41) is 6.44. The Bertz CT molecular complexity index is 393. The van der Waals surface area contributed by atoms with Crippen molar-refractivity contribution < 1.29 is 9.59 Å². The molecule has 2 heterocycles. The highest BCUT2D eigenvalue weighted by Crippen LogP contribution is 2.33. The van der Waals surface area contributed by atoms with Crippen molar-refractivity contribution in [3.05, 3.63) is 0 Å². The maximum Gasteiger partial charge on any atom is 0.237 e. The van der Waals surface area contributed by atoms with E-state index in [9.17, 15) is 9.59 Å². The van der Waals surface area contributed by atoms with Gasteiger partial charge in [0.05, 0.1) is 6.04 Å². The van der Waals surface area contributed by atoms with Crippen molar-refractivity contribution in [1.29, 1.82) is 0 Å². The first kappa shape index (κ1) is 15.8. The predicted molar refractivity (Wildman–Crippen MR) is 85.3 cm³/mol. The number of rotatable bonds is 4. The van der Waals surface area contributed by atoms with E-state index in [2.05, 4.69) is 10.6 Å². The third kappa shape index (κ3) is 3.80. The van der Waals surface area contributed by atoms with E-state index in [0.717, 1.165) is 32.4 Å². The summed E-state index contributed by atoms with van der Waals surface area (Å²) >= 11 is 0. The molecule has 0 bridgehead atoms. The minimum atomic E-state index is -0.0433. The fourth-order valence-electron chi connectivity index (χ4n) is 4.24. The molecule has 0 aromatic carbocycles.